The van der Waals surface area contributed by atoms with Crippen molar-refractivity contribution < 1.29 is 14.7 Å². The molecule has 0 aliphatic heterocycles. The van der Waals surface area contributed by atoms with Gasteiger partial charge in [-0.3, -0.25) is 4.79 Å². The lowest BCUT2D eigenvalue weighted by atomic mass is 10.0. The Balaban J connectivity index is 1.89. The Bertz CT molecular complexity index is 925. The number of carbonyl (C=O) groups excluding carboxylic acids is 2. The highest BCUT2D eigenvalue weighted by molar-refractivity contribution is 5.93. The van der Waals surface area contributed by atoms with Crippen LogP contribution < -0.4 is 10.6 Å². The molecule has 1 aliphatic carbocycles. The Morgan fingerprint density at radius 1 is 1.16 bits per heavy atom. The summed E-state index contributed by atoms with van der Waals surface area (Å²) in [4.78, 5) is 25.1. The van der Waals surface area contributed by atoms with Crippen LogP contribution in [0.5, 0.6) is 5.75 Å². The Morgan fingerprint density at radius 2 is 1.84 bits per heavy atom. The highest BCUT2D eigenvalue weighted by Crippen LogP contribution is 2.38. The number of rotatable bonds is 7. The van der Waals surface area contributed by atoms with E-state index in [2.05, 4.69) is 15.7 Å². The van der Waals surface area contributed by atoms with E-state index < -0.39 is 0 Å². The van der Waals surface area contributed by atoms with E-state index in [1.54, 1.807) is 12.1 Å². The standard InChI is InChI=1S/C24H34N4O3/c1-5-16(6-2)23(30)26-18-11-12-19(22(29)13-18)20-14-21(17-9-7-8-10-17)28(27-20)24(31)25-15(3)4/h11-17,29H,5-10H2,1-4H3,(H,25,31)(H,26,30). The fourth-order valence-corrected chi connectivity index (χ4v) is 4.24. The van der Waals surface area contributed by atoms with Crippen LogP contribution in [0.1, 0.15) is 77.8 Å². The van der Waals surface area contributed by atoms with Crippen molar-refractivity contribution in [2.45, 2.75) is 78.2 Å². The number of hydrogen-bond donors (Lipinski definition) is 3. The van der Waals surface area contributed by atoms with Crippen LogP contribution in [-0.4, -0.2) is 32.9 Å². The molecule has 31 heavy (non-hydrogen) atoms. The van der Waals surface area contributed by atoms with Gasteiger partial charge in [0.15, 0.2) is 0 Å². The monoisotopic (exact) mass is 426 g/mol. The van der Waals surface area contributed by atoms with Gasteiger partial charge in [0.1, 0.15) is 5.75 Å². The number of phenols is 1. The second kappa shape index (κ2) is 9.98. The van der Waals surface area contributed by atoms with Crippen molar-refractivity contribution in [1.82, 2.24) is 15.1 Å². The number of hydrogen-bond acceptors (Lipinski definition) is 4. The van der Waals surface area contributed by atoms with Crippen LogP contribution >= 0.6 is 0 Å². The fraction of sp³-hybridized carbons (Fsp3) is 0.542. The van der Waals surface area contributed by atoms with Gasteiger partial charge < -0.3 is 15.7 Å². The molecule has 7 nitrogen and oxygen atoms in total. The predicted octanol–water partition coefficient (Wildman–Crippen LogP) is 5.25. The maximum absolute atomic E-state index is 12.7. The first-order valence-electron chi connectivity index (χ1n) is 11.4. The lowest BCUT2D eigenvalue weighted by Crippen LogP contribution is -2.35. The molecule has 3 rings (SSSR count). The van der Waals surface area contributed by atoms with Crippen LogP contribution in [0, 0.1) is 5.92 Å². The van der Waals surface area contributed by atoms with Crippen LogP contribution in [0.4, 0.5) is 10.5 Å². The SMILES string of the molecule is CCC(CC)C(=O)Nc1ccc(-c2cc(C3CCCC3)n(C(=O)NC(C)C)n2)c(O)c1. The van der Waals surface area contributed by atoms with Gasteiger partial charge in [0.25, 0.3) is 0 Å². The minimum atomic E-state index is -0.253. The third-order valence-corrected chi connectivity index (χ3v) is 6.01. The summed E-state index contributed by atoms with van der Waals surface area (Å²) in [5, 5.41) is 21.0. The van der Waals surface area contributed by atoms with Crippen LogP contribution in [0.15, 0.2) is 24.3 Å². The third kappa shape index (κ3) is 5.27. The third-order valence-electron chi connectivity index (χ3n) is 6.01. The lowest BCUT2D eigenvalue weighted by Gasteiger charge is -2.13. The number of amides is 2. The lowest BCUT2D eigenvalue weighted by molar-refractivity contribution is -0.120. The van der Waals surface area contributed by atoms with Crippen molar-refractivity contribution >= 4 is 17.6 Å². The normalized spacial score (nSPS) is 14.4. The predicted molar refractivity (Wildman–Crippen MR) is 122 cm³/mol. The molecule has 1 aliphatic rings. The molecule has 1 heterocycles. The molecule has 0 unspecified atom stereocenters. The molecule has 1 aromatic carbocycles. The molecule has 1 fully saturated rings. The summed E-state index contributed by atoms with van der Waals surface area (Å²) >= 11 is 0. The molecule has 1 saturated carbocycles. The topological polar surface area (TPSA) is 96.3 Å². The van der Waals surface area contributed by atoms with Crippen molar-refractivity contribution in [2.24, 2.45) is 5.92 Å². The van der Waals surface area contributed by atoms with Gasteiger partial charge in [0.2, 0.25) is 5.91 Å². The number of phenolic OH excluding ortho intramolecular Hbond substituents is 1. The fourth-order valence-electron chi connectivity index (χ4n) is 4.24. The minimum Gasteiger partial charge on any atom is -0.507 e. The number of nitrogens with zero attached hydrogens (tertiary/aromatic N) is 2. The van der Waals surface area contributed by atoms with Crippen molar-refractivity contribution in [1.29, 1.82) is 0 Å². The zero-order valence-electron chi connectivity index (χ0n) is 18.9. The summed E-state index contributed by atoms with van der Waals surface area (Å²) < 4.78 is 1.45. The van der Waals surface area contributed by atoms with E-state index in [0.29, 0.717) is 22.9 Å². The van der Waals surface area contributed by atoms with E-state index in [9.17, 15) is 14.7 Å². The Labute approximate surface area is 184 Å². The van der Waals surface area contributed by atoms with Crippen LogP contribution in [0.2, 0.25) is 0 Å². The molecule has 0 radical (unpaired) electrons. The summed E-state index contributed by atoms with van der Waals surface area (Å²) in [5.41, 5.74) is 2.52. The van der Waals surface area contributed by atoms with E-state index >= 15 is 0 Å². The number of benzene rings is 1. The summed E-state index contributed by atoms with van der Waals surface area (Å²) in [6.45, 7) is 7.81. The molecule has 2 amide bonds. The van der Waals surface area contributed by atoms with E-state index in [1.807, 2.05) is 33.8 Å². The summed E-state index contributed by atoms with van der Waals surface area (Å²) in [6.07, 6.45) is 5.90. The molecule has 3 N–H and O–H groups in total. The smallest absolute Gasteiger partial charge is 0.342 e. The molecule has 2 aromatic rings. The molecule has 7 heteroatoms. The largest absolute Gasteiger partial charge is 0.507 e. The molecule has 1 aromatic heterocycles. The van der Waals surface area contributed by atoms with E-state index in [4.69, 9.17) is 0 Å². The van der Waals surface area contributed by atoms with Gasteiger partial charge >= 0.3 is 6.03 Å². The Kier molecular flexibility index (Phi) is 7.36. The summed E-state index contributed by atoms with van der Waals surface area (Å²) in [5.74, 6) is 0.218. The molecule has 0 spiro atoms. The number of anilines is 1. The van der Waals surface area contributed by atoms with Gasteiger partial charge in [0, 0.05) is 35.2 Å². The second-order valence-electron chi connectivity index (χ2n) is 8.69. The molecular weight excluding hydrogens is 392 g/mol. The molecule has 0 bridgehead atoms. The highest BCUT2D eigenvalue weighted by Gasteiger charge is 2.26. The average molecular weight is 427 g/mol. The van der Waals surface area contributed by atoms with Gasteiger partial charge in [-0.2, -0.15) is 9.78 Å². The van der Waals surface area contributed by atoms with Gasteiger partial charge in [-0.05, 0) is 57.7 Å². The van der Waals surface area contributed by atoms with E-state index in [-0.39, 0.29) is 29.6 Å². The van der Waals surface area contributed by atoms with Gasteiger partial charge in [-0.1, -0.05) is 26.7 Å². The van der Waals surface area contributed by atoms with E-state index in [0.717, 1.165) is 44.2 Å². The van der Waals surface area contributed by atoms with Crippen molar-refractivity contribution in [2.75, 3.05) is 5.32 Å². The van der Waals surface area contributed by atoms with Gasteiger partial charge in [-0.15, -0.1) is 0 Å². The van der Waals surface area contributed by atoms with E-state index in [1.165, 1.54) is 10.7 Å². The Hall–Kier alpha value is -2.83. The summed E-state index contributed by atoms with van der Waals surface area (Å²) in [7, 11) is 0. The summed E-state index contributed by atoms with van der Waals surface area (Å²) in [6, 6.07) is 6.70. The number of nitrogens with one attached hydrogen (secondary N) is 2. The first kappa shape index (κ1) is 22.8. The zero-order chi connectivity index (χ0) is 22.5. The number of carbonyl (C=O) groups is 2. The first-order chi connectivity index (χ1) is 14.8. The molecule has 168 valence electrons. The van der Waals surface area contributed by atoms with Gasteiger partial charge in [0.05, 0.1) is 11.4 Å². The van der Waals surface area contributed by atoms with Crippen LogP contribution in [0.3, 0.4) is 0 Å². The van der Waals surface area contributed by atoms with Crippen LogP contribution in [0.25, 0.3) is 11.3 Å². The molecule has 0 atom stereocenters. The van der Waals surface area contributed by atoms with Crippen LogP contribution in [-0.2, 0) is 4.79 Å². The number of aromatic hydroxyl groups is 1. The quantitative estimate of drug-likeness (QED) is 0.563. The molecular formula is C24H34N4O3. The average Bonchev–Trinajstić information content (AvgIpc) is 3.38. The number of aromatic nitrogens is 2. The second-order valence-corrected chi connectivity index (χ2v) is 8.69. The molecule has 0 saturated heterocycles. The zero-order valence-corrected chi connectivity index (χ0v) is 18.9. The van der Waals surface area contributed by atoms with Crippen molar-refractivity contribution in [3.63, 3.8) is 0 Å². The van der Waals surface area contributed by atoms with Gasteiger partial charge in [-0.25, -0.2) is 4.79 Å². The minimum absolute atomic E-state index is 0.00273. The first-order valence-corrected chi connectivity index (χ1v) is 11.4. The maximum atomic E-state index is 12.7. The Morgan fingerprint density at radius 3 is 2.42 bits per heavy atom. The highest BCUT2D eigenvalue weighted by atomic mass is 16.3. The van der Waals surface area contributed by atoms with Crippen molar-refractivity contribution in [3.8, 4) is 17.0 Å². The van der Waals surface area contributed by atoms with Crippen molar-refractivity contribution in [3.05, 3.63) is 30.0 Å². The maximum Gasteiger partial charge on any atom is 0.342 e.